The second kappa shape index (κ2) is 8.10. The van der Waals surface area contributed by atoms with Gasteiger partial charge in [0.15, 0.2) is 0 Å². The van der Waals surface area contributed by atoms with Gasteiger partial charge in [0, 0.05) is 0 Å². The summed E-state index contributed by atoms with van der Waals surface area (Å²) >= 11 is 0. The Bertz CT molecular complexity index is 728. The highest BCUT2D eigenvalue weighted by atomic mass is 16.6. The molecule has 126 valence electrons. The topological polar surface area (TPSA) is 76.8 Å². The van der Waals surface area contributed by atoms with Gasteiger partial charge in [-0.2, -0.15) is 5.43 Å². The zero-order valence-electron chi connectivity index (χ0n) is 14.0. The van der Waals surface area contributed by atoms with Gasteiger partial charge < -0.3 is 14.9 Å². The van der Waals surface area contributed by atoms with Crippen molar-refractivity contribution in [1.82, 2.24) is 0 Å². The highest BCUT2D eigenvalue weighted by Crippen LogP contribution is 2.31. The summed E-state index contributed by atoms with van der Waals surface area (Å²) in [5.41, 5.74) is 5.41. The van der Waals surface area contributed by atoms with Crippen LogP contribution in [-0.4, -0.2) is 17.4 Å². The number of hydrazone groups is 1. The van der Waals surface area contributed by atoms with E-state index in [0.717, 1.165) is 11.1 Å². The molecule has 2 aromatic carbocycles. The van der Waals surface area contributed by atoms with Crippen LogP contribution in [0.15, 0.2) is 53.6 Å². The standard InChI is InChI=1S/C18H21N3O3/c1-4-24-17-11-10-15(14-8-6-5-7-9-14)12-16(17)19-20-18(13(2)3)21(22)23/h5-13,19H,4H2,1-3H3/b20-18-. The molecule has 1 N–H and O–H groups in total. The maximum atomic E-state index is 11.1. The third kappa shape index (κ3) is 4.32. The van der Waals surface area contributed by atoms with Gasteiger partial charge in [0.2, 0.25) is 0 Å². The van der Waals surface area contributed by atoms with Crippen LogP contribution in [0.1, 0.15) is 20.8 Å². The zero-order chi connectivity index (χ0) is 17.5. The predicted octanol–water partition coefficient (Wildman–Crippen LogP) is 4.41. The fraction of sp³-hybridized carbons (Fsp3) is 0.278. The highest BCUT2D eigenvalue weighted by Gasteiger charge is 2.18. The smallest absolute Gasteiger partial charge is 0.366 e. The second-order valence-corrected chi connectivity index (χ2v) is 5.50. The number of anilines is 1. The van der Waals surface area contributed by atoms with Crippen molar-refractivity contribution in [3.05, 3.63) is 58.6 Å². The van der Waals surface area contributed by atoms with Crippen LogP contribution < -0.4 is 10.2 Å². The van der Waals surface area contributed by atoms with Crippen LogP contribution in [0, 0.1) is 16.0 Å². The Balaban J connectivity index is 2.38. The Hall–Kier alpha value is -2.89. The molecular formula is C18H21N3O3. The molecule has 0 spiro atoms. The summed E-state index contributed by atoms with van der Waals surface area (Å²) < 4.78 is 5.58. The molecule has 0 aliphatic heterocycles. The lowest BCUT2D eigenvalue weighted by atomic mass is 10.0. The summed E-state index contributed by atoms with van der Waals surface area (Å²) in [5, 5.41) is 15.0. The largest absolute Gasteiger partial charge is 0.492 e. The van der Waals surface area contributed by atoms with E-state index in [2.05, 4.69) is 10.5 Å². The molecule has 0 radical (unpaired) electrons. The van der Waals surface area contributed by atoms with Gasteiger partial charge in [-0.05, 0) is 35.1 Å². The van der Waals surface area contributed by atoms with Crippen LogP contribution in [0.5, 0.6) is 5.75 Å². The van der Waals surface area contributed by atoms with Crippen LogP contribution in [0.4, 0.5) is 5.69 Å². The number of nitro groups is 1. The van der Waals surface area contributed by atoms with Crippen LogP contribution in [0.25, 0.3) is 11.1 Å². The van der Waals surface area contributed by atoms with Crippen molar-refractivity contribution in [2.45, 2.75) is 20.8 Å². The minimum atomic E-state index is -0.473. The summed E-state index contributed by atoms with van der Waals surface area (Å²) in [6.07, 6.45) is 0. The van der Waals surface area contributed by atoms with Crippen LogP contribution in [-0.2, 0) is 0 Å². The van der Waals surface area contributed by atoms with Crippen LogP contribution >= 0.6 is 0 Å². The fourth-order valence-electron chi connectivity index (χ4n) is 2.21. The molecule has 0 unspecified atom stereocenters. The molecule has 0 saturated carbocycles. The van der Waals surface area contributed by atoms with Gasteiger partial charge in [0.25, 0.3) is 0 Å². The zero-order valence-corrected chi connectivity index (χ0v) is 14.0. The second-order valence-electron chi connectivity index (χ2n) is 5.50. The minimum absolute atomic E-state index is 0.123. The molecule has 0 saturated heterocycles. The van der Waals surface area contributed by atoms with Crippen molar-refractivity contribution in [3.63, 3.8) is 0 Å². The third-order valence-corrected chi connectivity index (χ3v) is 3.38. The maximum absolute atomic E-state index is 11.1. The summed E-state index contributed by atoms with van der Waals surface area (Å²) in [4.78, 5) is 10.6. The number of amidine groups is 1. The van der Waals surface area contributed by atoms with Crippen molar-refractivity contribution in [3.8, 4) is 16.9 Å². The number of hydrogen-bond donors (Lipinski definition) is 1. The van der Waals surface area contributed by atoms with E-state index in [1.54, 1.807) is 13.8 Å². The van der Waals surface area contributed by atoms with Crippen molar-refractivity contribution < 1.29 is 9.66 Å². The molecule has 2 rings (SSSR count). The van der Waals surface area contributed by atoms with E-state index in [4.69, 9.17) is 4.74 Å². The lowest BCUT2D eigenvalue weighted by Gasteiger charge is -2.10. The van der Waals surface area contributed by atoms with Crippen LogP contribution in [0.3, 0.4) is 0 Å². The number of hydrogen-bond acceptors (Lipinski definition) is 5. The molecule has 0 aromatic heterocycles. The first kappa shape index (κ1) is 17.5. The van der Waals surface area contributed by atoms with E-state index in [1.807, 2.05) is 55.5 Å². The molecular weight excluding hydrogens is 306 g/mol. The van der Waals surface area contributed by atoms with E-state index in [1.165, 1.54) is 0 Å². The highest BCUT2D eigenvalue weighted by molar-refractivity contribution is 5.78. The molecule has 6 heteroatoms. The fourth-order valence-corrected chi connectivity index (χ4v) is 2.21. The number of nitrogens with zero attached hydrogens (tertiary/aromatic N) is 2. The Morgan fingerprint density at radius 3 is 2.50 bits per heavy atom. The van der Waals surface area contributed by atoms with Gasteiger partial charge >= 0.3 is 5.84 Å². The van der Waals surface area contributed by atoms with Crippen LogP contribution in [0.2, 0.25) is 0 Å². The van der Waals surface area contributed by atoms with E-state index in [-0.39, 0.29) is 11.8 Å². The van der Waals surface area contributed by atoms with Crippen molar-refractivity contribution in [2.24, 2.45) is 11.0 Å². The van der Waals surface area contributed by atoms with Crippen molar-refractivity contribution in [1.29, 1.82) is 0 Å². The Kier molecular flexibility index (Phi) is 5.89. The van der Waals surface area contributed by atoms with E-state index in [9.17, 15) is 10.1 Å². The van der Waals surface area contributed by atoms with Gasteiger partial charge in [-0.15, -0.1) is 0 Å². The molecule has 0 atom stereocenters. The summed E-state index contributed by atoms with van der Waals surface area (Å²) in [6, 6.07) is 15.5. The molecule has 0 fully saturated rings. The SMILES string of the molecule is CCOc1ccc(-c2ccccc2)cc1N/N=C(/C(C)C)[N+](=O)[O-]. The Labute approximate surface area is 141 Å². The summed E-state index contributed by atoms with van der Waals surface area (Å²) in [5.74, 6) is 0.190. The molecule has 24 heavy (non-hydrogen) atoms. The van der Waals surface area contributed by atoms with Gasteiger partial charge in [-0.3, -0.25) is 0 Å². The van der Waals surface area contributed by atoms with E-state index < -0.39 is 4.92 Å². The first-order chi connectivity index (χ1) is 11.5. The maximum Gasteiger partial charge on any atom is 0.366 e. The predicted molar refractivity (Wildman–Crippen MR) is 95.9 cm³/mol. The van der Waals surface area contributed by atoms with Gasteiger partial charge in [-0.25, -0.2) is 0 Å². The lowest BCUT2D eigenvalue weighted by molar-refractivity contribution is -0.356. The molecule has 0 aliphatic carbocycles. The minimum Gasteiger partial charge on any atom is -0.492 e. The molecule has 0 bridgehead atoms. The normalized spacial score (nSPS) is 11.4. The monoisotopic (exact) mass is 327 g/mol. The number of rotatable bonds is 6. The molecule has 6 nitrogen and oxygen atoms in total. The number of benzene rings is 2. The van der Waals surface area contributed by atoms with E-state index >= 15 is 0 Å². The average Bonchev–Trinajstić information content (AvgIpc) is 2.56. The molecule has 0 amide bonds. The lowest BCUT2D eigenvalue weighted by Crippen LogP contribution is -2.20. The van der Waals surface area contributed by atoms with Gasteiger partial charge in [0.1, 0.15) is 11.4 Å². The van der Waals surface area contributed by atoms with E-state index in [0.29, 0.717) is 18.0 Å². The number of nitrogens with one attached hydrogen (secondary N) is 1. The Morgan fingerprint density at radius 1 is 1.21 bits per heavy atom. The average molecular weight is 327 g/mol. The first-order valence-corrected chi connectivity index (χ1v) is 7.83. The first-order valence-electron chi connectivity index (χ1n) is 7.83. The molecule has 0 heterocycles. The Morgan fingerprint density at radius 2 is 1.92 bits per heavy atom. The summed E-state index contributed by atoms with van der Waals surface area (Å²) in [7, 11) is 0. The molecule has 0 aliphatic rings. The summed E-state index contributed by atoms with van der Waals surface area (Å²) in [6.45, 7) is 5.84. The van der Waals surface area contributed by atoms with Crippen molar-refractivity contribution in [2.75, 3.05) is 12.0 Å². The van der Waals surface area contributed by atoms with Gasteiger partial charge in [-0.1, -0.05) is 50.2 Å². The van der Waals surface area contributed by atoms with Gasteiger partial charge in [0.05, 0.1) is 17.6 Å². The third-order valence-electron chi connectivity index (χ3n) is 3.38. The molecule has 2 aromatic rings. The quantitative estimate of drug-likeness (QED) is 0.369. The number of ether oxygens (including phenoxy) is 1. The van der Waals surface area contributed by atoms with Crippen molar-refractivity contribution >= 4 is 11.5 Å².